The van der Waals surface area contributed by atoms with Gasteiger partial charge in [0.05, 0.1) is 0 Å². The fourth-order valence-corrected chi connectivity index (χ4v) is 1.74. The lowest BCUT2D eigenvalue weighted by atomic mass is 10.1. The van der Waals surface area contributed by atoms with Gasteiger partial charge < -0.3 is 4.74 Å². The molecule has 0 fully saturated rings. The van der Waals surface area contributed by atoms with E-state index in [9.17, 15) is 5.11 Å². The van der Waals surface area contributed by atoms with Crippen LogP contribution in [0.2, 0.25) is 0 Å². The van der Waals surface area contributed by atoms with Crippen LogP contribution in [0.5, 0.6) is 0 Å². The van der Waals surface area contributed by atoms with Crippen molar-refractivity contribution in [2.24, 2.45) is 0 Å². The molecular weight excluding hydrogens is 188 g/mol. The van der Waals surface area contributed by atoms with Gasteiger partial charge in [-0.3, -0.25) is 0 Å². The number of ether oxygens (including phenoxy) is 1. The van der Waals surface area contributed by atoms with Crippen molar-refractivity contribution >= 4 is 0 Å². The molecule has 0 saturated heterocycles. The maximum atomic E-state index is 10.9. The molecule has 2 nitrogen and oxygen atoms in total. The van der Waals surface area contributed by atoms with E-state index in [2.05, 4.69) is 11.7 Å². The maximum absolute atomic E-state index is 10.9. The topological polar surface area (TPSA) is 29.1 Å². The lowest BCUT2D eigenvalue weighted by Crippen LogP contribution is -2.05. The summed E-state index contributed by atoms with van der Waals surface area (Å²) in [6.07, 6.45) is 11.6. The summed E-state index contributed by atoms with van der Waals surface area (Å²) in [5, 5.41) is 10.9. The minimum Gasteiger partial charge on any atom is -0.353 e. The zero-order valence-corrected chi connectivity index (χ0v) is 10.5. The van der Waals surface area contributed by atoms with Crippen molar-refractivity contribution in [1.82, 2.24) is 0 Å². The van der Waals surface area contributed by atoms with Gasteiger partial charge in [-0.1, -0.05) is 58.3 Å². The molecule has 0 bridgehead atoms. The van der Waals surface area contributed by atoms with Crippen molar-refractivity contribution in [3.63, 3.8) is 0 Å². The molecule has 0 heterocycles. The Bertz CT molecular complexity index is 115. The second-order valence-electron chi connectivity index (χ2n) is 4.28. The van der Waals surface area contributed by atoms with E-state index in [0.717, 1.165) is 6.42 Å². The van der Waals surface area contributed by atoms with Gasteiger partial charge in [-0.05, 0) is 6.42 Å². The molecule has 0 spiro atoms. The third-order valence-electron chi connectivity index (χ3n) is 2.81. The van der Waals surface area contributed by atoms with Gasteiger partial charge in [0.15, 0.2) is 6.29 Å². The molecule has 0 aromatic heterocycles. The van der Waals surface area contributed by atoms with Crippen LogP contribution in [0.1, 0.15) is 71.1 Å². The second kappa shape index (κ2) is 12.0. The van der Waals surface area contributed by atoms with E-state index < -0.39 is 6.29 Å². The Balaban J connectivity index is 2.92. The van der Waals surface area contributed by atoms with Crippen molar-refractivity contribution in [2.75, 3.05) is 7.11 Å². The smallest absolute Gasteiger partial charge is 0.190 e. The standard InChI is InChI=1S/C13H27O2/c1-3-4-5-6-7-8-9-10-11-12-13(14)15-2/h13H,3-12H2,1-2H3. The fraction of sp³-hybridized carbons (Fsp3) is 1.00. The van der Waals surface area contributed by atoms with Crippen LogP contribution in [0.3, 0.4) is 0 Å². The molecule has 0 aromatic carbocycles. The average molecular weight is 215 g/mol. The normalized spacial score (nSPS) is 13.0. The highest BCUT2D eigenvalue weighted by atomic mass is 16.6. The lowest BCUT2D eigenvalue weighted by Gasteiger charge is -2.05. The Morgan fingerprint density at radius 1 is 0.867 bits per heavy atom. The Morgan fingerprint density at radius 3 is 1.80 bits per heavy atom. The number of hydrogen-bond donors (Lipinski definition) is 0. The molecule has 1 atom stereocenters. The van der Waals surface area contributed by atoms with Gasteiger partial charge in [-0.2, -0.15) is 0 Å². The zero-order chi connectivity index (χ0) is 11.4. The molecule has 0 aromatic rings. The first-order valence-corrected chi connectivity index (χ1v) is 6.50. The average Bonchev–Trinajstić information content (AvgIpc) is 2.26. The second-order valence-corrected chi connectivity index (χ2v) is 4.28. The van der Waals surface area contributed by atoms with Crippen LogP contribution in [0.15, 0.2) is 0 Å². The highest BCUT2D eigenvalue weighted by Gasteiger charge is 2.01. The van der Waals surface area contributed by atoms with Crippen LogP contribution in [0.25, 0.3) is 0 Å². The number of rotatable bonds is 11. The summed E-state index contributed by atoms with van der Waals surface area (Å²) in [7, 11) is 1.49. The van der Waals surface area contributed by atoms with Crippen molar-refractivity contribution in [1.29, 1.82) is 0 Å². The predicted octanol–water partition coefficient (Wildman–Crippen LogP) is 4.31. The minimum atomic E-state index is -0.797. The van der Waals surface area contributed by atoms with Crippen molar-refractivity contribution in [3.8, 4) is 0 Å². The van der Waals surface area contributed by atoms with Gasteiger partial charge in [0.25, 0.3) is 0 Å². The largest absolute Gasteiger partial charge is 0.353 e. The molecule has 0 saturated carbocycles. The summed E-state index contributed by atoms with van der Waals surface area (Å²) in [5.41, 5.74) is 0. The van der Waals surface area contributed by atoms with Crippen molar-refractivity contribution < 1.29 is 9.84 Å². The van der Waals surface area contributed by atoms with Gasteiger partial charge in [-0.15, -0.1) is 0 Å². The molecule has 1 radical (unpaired) electrons. The van der Waals surface area contributed by atoms with Crippen molar-refractivity contribution in [2.45, 2.75) is 77.4 Å². The third kappa shape index (κ3) is 11.8. The minimum absolute atomic E-state index is 0.673. The van der Waals surface area contributed by atoms with E-state index in [-0.39, 0.29) is 0 Å². The van der Waals surface area contributed by atoms with E-state index in [4.69, 9.17) is 0 Å². The van der Waals surface area contributed by atoms with Crippen LogP contribution < -0.4 is 0 Å². The Kier molecular flexibility index (Phi) is 11.9. The van der Waals surface area contributed by atoms with E-state index >= 15 is 0 Å². The van der Waals surface area contributed by atoms with Gasteiger partial charge >= 0.3 is 0 Å². The summed E-state index contributed by atoms with van der Waals surface area (Å²) >= 11 is 0. The van der Waals surface area contributed by atoms with Crippen LogP contribution in [-0.4, -0.2) is 13.4 Å². The molecule has 0 amide bonds. The summed E-state index contributed by atoms with van der Waals surface area (Å²) in [5.74, 6) is 0. The molecule has 0 aliphatic carbocycles. The molecule has 2 heteroatoms. The van der Waals surface area contributed by atoms with Gasteiger partial charge in [0.2, 0.25) is 0 Å². The molecular formula is C13H27O2. The molecule has 15 heavy (non-hydrogen) atoms. The quantitative estimate of drug-likeness (QED) is 0.373. The number of unbranched alkanes of at least 4 members (excludes halogenated alkanes) is 8. The Morgan fingerprint density at radius 2 is 1.33 bits per heavy atom. The summed E-state index contributed by atoms with van der Waals surface area (Å²) in [6, 6.07) is 0. The number of hydrogen-bond acceptors (Lipinski definition) is 1. The third-order valence-corrected chi connectivity index (χ3v) is 2.81. The van der Waals surface area contributed by atoms with E-state index in [1.807, 2.05) is 0 Å². The van der Waals surface area contributed by atoms with Gasteiger partial charge in [-0.25, -0.2) is 5.11 Å². The zero-order valence-electron chi connectivity index (χ0n) is 10.5. The maximum Gasteiger partial charge on any atom is 0.190 e. The Labute approximate surface area is 95.0 Å². The van der Waals surface area contributed by atoms with Gasteiger partial charge in [0.1, 0.15) is 0 Å². The highest BCUT2D eigenvalue weighted by molar-refractivity contribution is 4.48. The molecule has 0 rings (SSSR count). The summed E-state index contributed by atoms with van der Waals surface area (Å²) in [6.45, 7) is 2.25. The lowest BCUT2D eigenvalue weighted by molar-refractivity contribution is -0.123. The molecule has 0 aliphatic heterocycles. The Hall–Kier alpha value is -0.0800. The van der Waals surface area contributed by atoms with E-state index in [1.165, 1.54) is 58.5 Å². The first-order valence-electron chi connectivity index (χ1n) is 6.50. The van der Waals surface area contributed by atoms with Crippen LogP contribution >= 0.6 is 0 Å². The summed E-state index contributed by atoms with van der Waals surface area (Å²) in [4.78, 5) is 0. The first kappa shape index (κ1) is 14.9. The van der Waals surface area contributed by atoms with Crippen LogP contribution in [-0.2, 0) is 9.84 Å². The summed E-state index contributed by atoms with van der Waals surface area (Å²) < 4.78 is 4.67. The van der Waals surface area contributed by atoms with Crippen LogP contribution in [0.4, 0.5) is 0 Å². The number of methoxy groups -OCH3 is 1. The SMILES string of the molecule is CCCCCCCCCCCC([O])OC. The highest BCUT2D eigenvalue weighted by Crippen LogP contribution is 2.11. The van der Waals surface area contributed by atoms with Crippen LogP contribution in [0, 0.1) is 0 Å². The first-order chi connectivity index (χ1) is 7.31. The molecule has 1 unspecified atom stereocenters. The monoisotopic (exact) mass is 215 g/mol. The fourth-order valence-electron chi connectivity index (χ4n) is 1.74. The van der Waals surface area contributed by atoms with Gasteiger partial charge in [0, 0.05) is 13.5 Å². The molecule has 0 N–H and O–H groups in total. The molecule has 0 aliphatic rings. The van der Waals surface area contributed by atoms with Crippen molar-refractivity contribution in [3.05, 3.63) is 0 Å². The predicted molar refractivity (Wildman–Crippen MR) is 63.3 cm³/mol. The van der Waals surface area contributed by atoms with E-state index in [0.29, 0.717) is 6.42 Å². The molecule has 91 valence electrons. The van der Waals surface area contributed by atoms with E-state index in [1.54, 1.807) is 0 Å².